The number of carbonyl (C=O) groups excluding carboxylic acids is 3. The highest BCUT2D eigenvalue weighted by Crippen LogP contribution is 2.16. The lowest BCUT2D eigenvalue weighted by Gasteiger charge is -2.33. The first-order chi connectivity index (χ1) is 13.4. The highest BCUT2D eigenvalue weighted by Gasteiger charge is 2.24. The van der Waals surface area contributed by atoms with Gasteiger partial charge in [0.15, 0.2) is 12.3 Å². The smallest absolute Gasteiger partial charge is 0.328 e. The van der Waals surface area contributed by atoms with Gasteiger partial charge in [-0.05, 0) is 32.3 Å². The molecule has 1 fully saturated rings. The molecular weight excluding hydrogens is 364 g/mol. The molecule has 3 rings (SSSR count). The summed E-state index contributed by atoms with van der Waals surface area (Å²) in [4.78, 5) is 50.3. The third-order valence-corrected chi connectivity index (χ3v) is 4.86. The van der Waals surface area contributed by atoms with Gasteiger partial charge in [-0.1, -0.05) is 18.2 Å². The molecule has 2 N–H and O–H groups in total. The summed E-state index contributed by atoms with van der Waals surface area (Å²) in [7, 11) is 0. The molecule has 0 aliphatic carbocycles. The lowest BCUT2D eigenvalue weighted by atomic mass is 10.0. The predicted molar refractivity (Wildman–Crippen MR) is 101 cm³/mol. The average Bonchev–Trinajstić information content (AvgIpc) is 2.68. The van der Waals surface area contributed by atoms with E-state index < -0.39 is 30.6 Å². The van der Waals surface area contributed by atoms with Gasteiger partial charge in [0.1, 0.15) is 6.54 Å². The van der Waals surface area contributed by atoms with Crippen LogP contribution in [0.15, 0.2) is 29.1 Å². The Morgan fingerprint density at radius 3 is 2.61 bits per heavy atom. The second-order valence-corrected chi connectivity index (χ2v) is 6.81. The third-order valence-electron chi connectivity index (χ3n) is 4.86. The van der Waals surface area contributed by atoms with Crippen molar-refractivity contribution in [3.05, 3.63) is 40.3 Å². The maximum absolute atomic E-state index is 12.5. The number of aromatic nitrogens is 2. The van der Waals surface area contributed by atoms with Crippen molar-refractivity contribution >= 4 is 28.6 Å². The molecule has 9 heteroatoms. The lowest BCUT2D eigenvalue weighted by molar-refractivity contribution is -0.154. The monoisotopic (exact) mass is 386 g/mol. The molecule has 1 atom stereocenters. The molecular formula is C19H22N4O5. The van der Waals surface area contributed by atoms with Crippen LogP contribution in [0.5, 0.6) is 0 Å². The van der Waals surface area contributed by atoms with Gasteiger partial charge in [-0.25, -0.2) is 4.68 Å². The van der Waals surface area contributed by atoms with Crippen LogP contribution < -0.4 is 11.3 Å². The zero-order valence-electron chi connectivity index (χ0n) is 15.6. The van der Waals surface area contributed by atoms with Gasteiger partial charge in [-0.15, -0.1) is 0 Å². The van der Waals surface area contributed by atoms with E-state index in [1.165, 1.54) is 6.07 Å². The first-order valence-electron chi connectivity index (χ1n) is 9.13. The molecule has 1 saturated heterocycles. The number of amides is 2. The summed E-state index contributed by atoms with van der Waals surface area (Å²) in [6.45, 7) is 1.69. The number of carbonyl (C=O) groups is 3. The molecule has 0 radical (unpaired) electrons. The molecule has 2 amide bonds. The van der Waals surface area contributed by atoms with Crippen LogP contribution in [0.25, 0.3) is 10.8 Å². The molecule has 1 aromatic carbocycles. The Bertz CT molecular complexity index is 984. The van der Waals surface area contributed by atoms with Crippen molar-refractivity contribution in [2.75, 3.05) is 13.2 Å². The van der Waals surface area contributed by atoms with Gasteiger partial charge in [0.05, 0.1) is 5.39 Å². The molecule has 0 spiro atoms. The normalized spacial score (nSPS) is 16.8. The molecule has 0 saturated carbocycles. The average molecular weight is 386 g/mol. The number of fused-ring (bicyclic) bond motifs is 1. The summed E-state index contributed by atoms with van der Waals surface area (Å²) in [5.41, 5.74) is 4.68. The van der Waals surface area contributed by atoms with Crippen molar-refractivity contribution in [3.63, 3.8) is 0 Å². The molecule has 1 unspecified atom stereocenters. The van der Waals surface area contributed by atoms with Crippen molar-refractivity contribution in [3.8, 4) is 0 Å². The van der Waals surface area contributed by atoms with E-state index in [0.717, 1.165) is 23.9 Å². The summed E-state index contributed by atoms with van der Waals surface area (Å²) in [5.74, 6) is -1.87. The number of rotatable bonds is 5. The van der Waals surface area contributed by atoms with Crippen LogP contribution in [0.1, 0.15) is 36.7 Å². The Labute approximate surface area is 161 Å². The number of benzene rings is 1. The first-order valence-corrected chi connectivity index (χ1v) is 9.13. The van der Waals surface area contributed by atoms with E-state index >= 15 is 0 Å². The van der Waals surface area contributed by atoms with Gasteiger partial charge >= 0.3 is 5.97 Å². The number of nitrogens with two attached hydrogens (primary N) is 1. The van der Waals surface area contributed by atoms with Gasteiger partial charge in [0, 0.05) is 18.0 Å². The molecule has 1 aliphatic rings. The number of hydrogen-bond acceptors (Lipinski definition) is 6. The van der Waals surface area contributed by atoms with Crippen LogP contribution in [-0.2, 0) is 20.9 Å². The maximum atomic E-state index is 12.5. The maximum Gasteiger partial charge on any atom is 0.328 e. The number of ether oxygens (including phenoxy) is 1. The van der Waals surface area contributed by atoms with E-state index in [1.807, 2.05) is 6.92 Å². The number of likely N-dealkylation sites (tertiary alicyclic amines) is 1. The summed E-state index contributed by atoms with van der Waals surface area (Å²) >= 11 is 0. The van der Waals surface area contributed by atoms with Crippen molar-refractivity contribution in [2.45, 2.75) is 38.8 Å². The van der Waals surface area contributed by atoms with Crippen molar-refractivity contribution in [1.29, 1.82) is 0 Å². The van der Waals surface area contributed by atoms with Gasteiger partial charge in [0.25, 0.3) is 17.4 Å². The van der Waals surface area contributed by atoms with E-state index in [4.69, 9.17) is 10.5 Å². The van der Waals surface area contributed by atoms with Crippen molar-refractivity contribution < 1.29 is 19.1 Å². The number of nitrogens with zero attached hydrogens (tertiary/aromatic N) is 3. The number of piperidine rings is 1. The minimum atomic E-state index is -0.812. The predicted octanol–water partition coefficient (Wildman–Crippen LogP) is 0.440. The molecule has 9 nitrogen and oxygen atoms in total. The summed E-state index contributed by atoms with van der Waals surface area (Å²) in [5, 5.41) is 4.44. The van der Waals surface area contributed by atoms with Crippen LogP contribution in [0.3, 0.4) is 0 Å². The Balaban J connectivity index is 1.73. The highest BCUT2D eigenvalue weighted by molar-refractivity contribution is 6.04. The van der Waals surface area contributed by atoms with Crippen molar-refractivity contribution in [1.82, 2.24) is 14.7 Å². The molecule has 1 aliphatic heterocycles. The molecule has 148 valence electrons. The van der Waals surface area contributed by atoms with E-state index in [-0.39, 0.29) is 23.0 Å². The largest absolute Gasteiger partial charge is 0.454 e. The second-order valence-electron chi connectivity index (χ2n) is 6.81. The van der Waals surface area contributed by atoms with Crippen LogP contribution in [0.2, 0.25) is 0 Å². The molecule has 2 aromatic rings. The summed E-state index contributed by atoms with van der Waals surface area (Å²) in [6, 6.07) is 6.49. The molecule has 0 bridgehead atoms. The Morgan fingerprint density at radius 2 is 1.93 bits per heavy atom. The fraction of sp³-hybridized carbons (Fsp3) is 0.421. The fourth-order valence-corrected chi connectivity index (χ4v) is 3.39. The third kappa shape index (κ3) is 4.03. The van der Waals surface area contributed by atoms with Crippen LogP contribution in [0.4, 0.5) is 0 Å². The summed E-state index contributed by atoms with van der Waals surface area (Å²) < 4.78 is 5.86. The lowest BCUT2D eigenvalue weighted by Crippen LogP contribution is -2.44. The Hall–Kier alpha value is -3.23. The van der Waals surface area contributed by atoms with E-state index in [2.05, 4.69) is 5.10 Å². The number of primary amides is 1. The second kappa shape index (κ2) is 8.20. The molecule has 2 heterocycles. The standard InChI is InChI=1S/C19H22N4O5/c1-12-6-4-5-9-22(12)15(24)11-28-16(25)10-23-19(27)14-8-3-2-7-13(14)17(21-23)18(20)26/h2-3,7-8,12H,4-6,9-11H2,1H3,(H2,20,26). The van der Waals surface area contributed by atoms with Gasteiger partial charge in [-0.3, -0.25) is 19.2 Å². The topological polar surface area (TPSA) is 125 Å². The van der Waals surface area contributed by atoms with Crippen LogP contribution >= 0.6 is 0 Å². The summed E-state index contributed by atoms with van der Waals surface area (Å²) in [6.07, 6.45) is 2.92. The fourth-order valence-electron chi connectivity index (χ4n) is 3.39. The zero-order valence-corrected chi connectivity index (χ0v) is 15.6. The van der Waals surface area contributed by atoms with Crippen molar-refractivity contribution in [2.24, 2.45) is 5.73 Å². The van der Waals surface area contributed by atoms with Gasteiger partial charge in [-0.2, -0.15) is 5.10 Å². The SMILES string of the molecule is CC1CCCCN1C(=O)COC(=O)Cn1nc(C(N)=O)c2ccccc2c1=O. The van der Waals surface area contributed by atoms with Gasteiger partial charge in [0.2, 0.25) is 0 Å². The Kier molecular flexibility index (Phi) is 5.72. The van der Waals surface area contributed by atoms with E-state index in [1.54, 1.807) is 23.1 Å². The minimum Gasteiger partial charge on any atom is -0.454 e. The number of hydrogen-bond donors (Lipinski definition) is 1. The first kappa shape index (κ1) is 19.5. The van der Waals surface area contributed by atoms with Crippen LogP contribution in [-0.4, -0.2) is 51.7 Å². The van der Waals surface area contributed by atoms with Gasteiger partial charge < -0.3 is 15.4 Å². The van der Waals surface area contributed by atoms with E-state index in [0.29, 0.717) is 11.9 Å². The molecule has 28 heavy (non-hydrogen) atoms. The van der Waals surface area contributed by atoms with E-state index in [9.17, 15) is 19.2 Å². The zero-order chi connectivity index (χ0) is 20.3. The van der Waals surface area contributed by atoms with Crippen LogP contribution in [0, 0.1) is 0 Å². The quantitative estimate of drug-likeness (QED) is 0.744. The number of esters is 1. The Morgan fingerprint density at radius 1 is 1.21 bits per heavy atom. The molecule has 1 aromatic heterocycles. The highest BCUT2D eigenvalue weighted by atomic mass is 16.5. The minimum absolute atomic E-state index is 0.110.